The van der Waals surface area contributed by atoms with Crippen LogP contribution >= 0.6 is 0 Å². The number of pyridine rings is 1. The van der Waals surface area contributed by atoms with Crippen molar-refractivity contribution in [1.29, 1.82) is 0 Å². The number of nitrogen functional groups attached to an aromatic ring is 1. The number of carbonyl (C=O) groups is 1. The minimum atomic E-state index is -0.0745. The van der Waals surface area contributed by atoms with Gasteiger partial charge in [-0.1, -0.05) is 31.2 Å². The molecule has 34 heavy (non-hydrogen) atoms. The van der Waals surface area contributed by atoms with Gasteiger partial charge in [-0.2, -0.15) is 0 Å². The number of benzene rings is 2. The highest BCUT2D eigenvalue weighted by Gasteiger charge is 2.22. The van der Waals surface area contributed by atoms with E-state index in [1.54, 1.807) is 12.4 Å². The molecule has 0 spiro atoms. The van der Waals surface area contributed by atoms with Crippen LogP contribution in [0, 0.1) is 0 Å². The van der Waals surface area contributed by atoms with Gasteiger partial charge in [-0.15, -0.1) is 0 Å². The lowest BCUT2D eigenvalue weighted by Crippen LogP contribution is -2.33. The summed E-state index contributed by atoms with van der Waals surface area (Å²) in [6.07, 6.45) is 6.38. The molecule has 0 aliphatic carbocycles. The number of nitrogens with zero attached hydrogens (tertiary/aromatic N) is 3. The highest BCUT2D eigenvalue weighted by molar-refractivity contribution is 6.05. The fourth-order valence-corrected chi connectivity index (χ4v) is 4.08. The largest absolute Gasteiger partial charge is 0.399 e. The van der Waals surface area contributed by atoms with E-state index in [1.165, 1.54) is 0 Å². The predicted molar refractivity (Wildman–Crippen MR) is 136 cm³/mol. The van der Waals surface area contributed by atoms with Gasteiger partial charge in [0.25, 0.3) is 5.91 Å². The third kappa shape index (κ3) is 5.32. The van der Waals surface area contributed by atoms with E-state index in [9.17, 15) is 9.90 Å². The summed E-state index contributed by atoms with van der Waals surface area (Å²) in [7, 11) is 0. The Hall–Kier alpha value is -3.97. The smallest absolute Gasteiger partial charge is 0.250 e. The Kier molecular flexibility index (Phi) is 7.04. The number of aromatic nitrogens is 1. The van der Waals surface area contributed by atoms with E-state index in [2.05, 4.69) is 9.98 Å². The molecule has 3 aromatic rings. The first-order chi connectivity index (χ1) is 16.5. The zero-order valence-electron chi connectivity index (χ0n) is 19.2. The molecule has 1 amide bonds. The number of aliphatic hydroxyl groups is 1. The molecule has 4 rings (SSSR count). The molecule has 7 heteroatoms. The van der Waals surface area contributed by atoms with E-state index < -0.39 is 0 Å². The molecule has 7 nitrogen and oxygen atoms in total. The summed E-state index contributed by atoms with van der Waals surface area (Å²) in [4.78, 5) is 24.1. The fourth-order valence-electron chi connectivity index (χ4n) is 4.08. The molecule has 2 heterocycles. The Balaban J connectivity index is 1.65. The Morgan fingerprint density at radius 3 is 2.68 bits per heavy atom. The van der Waals surface area contributed by atoms with Crippen LogP contribution in [0.15, 0.2) is 71.5 Å². The third-order valence-corrected chi connectivity index (χ3v) is 5.69. The second-order valence-electron chi connectivity index (χ2n) is 8.43. The maximum Gasteiger partial charge on any atom is 0.250 e. The van der Waals surface area contributed by atoms with Crippen molar-refractivity contribution in [1.82, 2.24) is 9.88 Å². The van der Waals surface area contributed by atoms with Crippen molar-refractivity contribution in [3.63, 3.8) is 0 Å². The number of hydrogen-bond donors (Lipinski definition) is 3. The molecular weight excluding hydrogens is 426 g/mol. The van der Waals surface area contributed by atoms with Gasteiger partial charge in [-0.25, -0.2) is 4.99 Å². The molecular formula is C27H29N5O2. The van der Waals surface area contributed by atoms with Crippen LogP contribution in [-0.2, 0) is 17.9 Å². The monoisotopic (exact) mass is 455 g/mol. The van der Waals surface area contributed by atoms with E-state index in [4.69, 9.17) is 11.5 Å². The van der Waals surface area contributed by atoms with Crippen LogP contribution in [0.2, 0.25) is 0 Å². The average Bonchev–Trinajstić information content (AvgIpc) is 3.00. The van der Waals surface area contributed by atoms with Crippen molar-refractivity contribution in [2.24, 2.45) is 10.7 Å². The number of amides is 1. The topological polar surface area (TPSA) is 118 Å². The maximum atomic E-state index is 13.5. The van der Waals surface area contributed by atoms with Gasteiger partial charge in [0.2, 0.25) is 0 Å². The quantitative estimate of drug-likeness (QED) is 0.465. The Bertz CT molecular complexity index is 1270. The van der Waals surface area contributed by atoms with Crippen LogP contribution in [0.25, 0.3) is 17.2 Å². The molecule has 1 aliphatic heterocycles. The van der Waals surface area contributed by atoms with E-state index >= 15 is 0 Å². The van der Waals surface area contributed by atoms with Gasteiger partial charge in [-0.05, 0) is 53.5 Å². The van der Waals surface area contributed by atoms with Gasteiger partial charge in [0.05, 0.1) is 12.3 Å². The van der Waals surface area contributed by atoms with E-state index in [0.29, 0.717) is 35.9 Å². The summed E-state index contributed by atoms with van der Waals surface area (Å²) in [5.74, 6) is 0.331. The van der Waals surface area contributed by atoms with Gasteiger partial charge in [-0.3, -0.25) is 9.78 Å². The van der Waals surface area contributed by atoms with Crippen molar-refractivity contribution < 1.29 is 9.90 Å². The minimum absolute atomic E-state index is 0.0563. The summed E-state index contributed by atoms with van der Waals surface area (Å²) >= 11 is 0. The minimum Gasteiger partial charge on any atom is -0.399 e. The molecule has 0 atom stereocenters. The summed E-state index contributed by atoms with van der Waals surface area (Å²) < 4.78 is 0. The lowest BCUT2D eigenvalue weighted by atomic mass is 10.0. The number of aliphatic imine (C=N–C) groups is 1. The molecule has 0 fully saturated rings. The first-order valence-electron chi connectivity index (χ1n) is 11.3. The number of carbonyl (C=O) groups excluding carboxylic acids is 1. The number of hydrogen-bond acceptors (Lipinski definition) is 6. The van der Waals surface area contributed by atoms with Crippen LogP contribution in [-0.4, -0.2) is 33.3 Å². The SMILES string of the molecule is CCCN(Cc1cccc(N)c1)C(=O)C1=Cc2ccc(-c3cncc(CO)c3)cc2N=C(N)C1. The zero-order valence-corrected chi connectivity index (χ0v) is 19.2. The number of nitrogens with two attached hydrogens (primary N) is 2. The third-order valence-electron chi connectivity index (χ3n) is 5.69. The summed E-state index contributed by atoms with van der Waals surface area (Å²) in [6.45, 7) is 3.08. The van der Waals surface area contributed by atoms with Crippen LogP contribution in [0.3, 0.4) is 0 Å². The molecule has 0 saturated carbocycles. The highest BCUT2D eigenvalue weighted by atomic mass is 16.3. The molecule has 0 saturated heterocycles. The number of amidine groups is 1. The molecule has 174 valence electrons. The van der Waals surface area contributed by atoms with Crippen molar-refractivity contribution >= 4 is 29.2 Å². The molecule has 2 aromatic carbocycles. The van der Waals surface area contributed by atoms with Gasteiger partial charge < -0.3 is 21.5 Å². The Morgan fingerprint density at radius 1 is 1.06 bits per heavy atom. The average molecular weight is 456 g/mol. The van der Waals surface area contributed by atoms with Gasteiger partial charge in [0.1, 0.15) is 5.84 Å². The molecule has 0 radical (unpaired) electrons. The molecule has 1 aliphatic rings. The van der Waals surface area contributed by atoms with Crippen LogP contribution in [0.1, 0.15) is 36.5 Å². The standard InChI is InChI=1S/C27H29N5O2/c1-2-8-32(16-18-4-3-5-24(28)10-18)27(34)22-11-21-7-6-20(12-25(21)31-26(29)13-22)23-9-19(17-33)14-30-15-23/h3-7,9-12,14-15,33H,2,8,13,16-17,28H2,1H3,(H2,29,31). The van der Waals surface area contributed by atoms with Crippen LogP contribution in [0.5, 0.6) is 0 Å². The van der Waals surface area contributed by atoms with Crippen molar-refractivity contribution in [3.05, 3.63) is 83.2 Å². The second kappa shape index (κ2) is 10.3. The van der Waals surface area contributed by atoms with E-state index in [0.717, 1.165) is 34.2 Å². The van der Waals surface area contributed by atoms with Gasteiger partial charge in [0, 0.05) is 54.3 Å². The first-order valence-corrected chi connectivity index (χ1v) is 11.3. The number of anilines is 1. The lowest BCUT2D eigenvalue weighted by molar-refractivity contribution is -0.127. The van der Waals surface area contributed by atoms with Gasteiger partial charge in [0.15, 0.2) is 0 Å². The second-order valence-corrected chi connectivity index (χ2v) is 8.43. The summed E-state index contributed by atoms with van der Waals surface area (Å²) in [6, 6.07) is 15.3. The van der Waals surface area contributed by atoms with Crippen molar-refractivity contribution in [2.75, 3.05) is 12.3 Å². The Morgan fingerprint density at radius 2 is 1.91 bits per heavy atom. The van der Waals surface area contributed by atoms with Crippen molar-refractivity contribution in [3.8, 4) is 11.1 Å². The molecule has 0 bridgehead atoms. The number of aliphatic hydroxyl groups excluding tert-OH is 1. The van der Waals surface area contributed by atoms with Crippen molar-refractivity contribution in [2.45, 2.75) is 32.9 Å². The summed E-state index contributed by atoms with van der Waals surface area (Å²) in [5.41, 5.74) is 18.5. The highest BCUT2D eigenvalue weighted by Crippen LogP contribution is 2.32. The van der Waals surface area contributed by atoms with Crippen LogP contribution < -0.4 is 11.5 Å². The predicted octanol–water partition coefficient (Wildman–Crippen LogP) is 4.04. The Labute approximate surface area is 199 Å². The lowest BCUT2D eigenvalue weighted by Gasteiger charge is -2.24. The van der Waals surface area contributed by atoms with Crippen LogP contribution in [0.4, 0.5) is 11.4 Å². The molecule has 5 N–H and O–H groups in total. The molecule has 0 unspecified atom stereocenters. The number of rotatable bonds is 7. The number of fused-ring (bicyclic) bond motifs is 1. The summed E-state index contributed by atoms with van der Waals surface area (Å²) in [5, 5.41) is 9.42. The van der Waals surface area contributed by atoms with E-state index in [1.807, 2.05) is 66.4 Å². The normalized spacial score (nSPS) is 12.9. The van der Waals surface area contributed by atoms with Gasteiger partial charge >= 0.3 is 0 Å². The zero-order chi connectivity index (χ0) is 24.1. The maximum absolute atomic E-state index is 13.5. The fraction of sp³-hybridized carbons (Fsp3) is 0.222. The van der Waals surface area contributed by atoms with E-state index in [-0.39, 0.29) is 18.9 Å². The first kappa shape index (κ1) is 23.2. The molecule has 1 aromatic heterocycles.